The largest absolute Gasteiger partial charge is 0.310 e. The Bertz CT molecular complexity index is 678. The van der Waals surface area contributed by atoms with Crippen molar-refractivity contribution in [3.8, 4) is 0 Å². The number of halogens is 1. The van der Waals surface area contributed by atoms with Gasteiger partial charge < -0.3 is 4.98 Å². The Morgan fingerprint density at radius 1 is 1.20 bits per heavy atom. The van der Waals surface area contributed by atoms with Gasteiger partial charge in [-0.15, -0.1) is 0 Å². The molecule has 1 aromatic carbocycles. The standard InChI is InChI=1S/C16H17BrN2O/c17-12-6-4-5-11(9-12)10-15-18-14-8-3-1-2-7-13(14)16(20)19-15/h4-6,9H,1-3,7-8,10H2,(H,18,19,20). The van der Waals surface area contributed by atoms with Gasteiger partial charge in [-0.05, 0) is 43.4 Å². The molecule has 1 aromatic heterocycles. The molecule has 104 valence electrons. The maximum atomic E-state index is 12.2. The van der Waals surface area contributed by atoms with E-state index in [4.69, 9.17) is 0 Å². The van der Waals surface area contributed by atoms with Gasteiger partial charge in [-0.25, -0.2) is 4.98 Å². The van der Waals surface area contributed by atoms with Crippen molar-refractivity contribution in [1.29, 1.82) is 0 Å². The van der Waals surface area contributed by atoms with Crippen LogP contribution in [-0.4, -0.2) is 9.97 Å². The summed E-state index contributed by atoms with van der Waals surface area (Å²) in [5, 5.41) is 0. The molecule has 0 saturated carbocycles. The fourth-order valence-electron chi connectivity index (χ4n) is 2.76. The molecule has 0 radical (unpaired) electrons. The highest BCUT2D eigenvalue weighted by molar-refractivity contribution is 9.10. The van der Waals surface area contributed by atoms with E-state index in [2.05, 4.69) is 38.0 Å². The molecule has 0 atom stereocenters. The van der Waals surface area contributed by atoms with Crippen molar-refractivity contribution in [2.75, 3.05) is 0 Å². The summed E-state index contributed by atoms with van der Waals surface area (Å²) in [4.78, 5) is 19.8. The first-order valence-corrected chi connectivity index (χ1v) is 7.87. The number of H-pyrrole nitrogens is 1. The van der Waals surface area contributed by atoms with Gasteiger partial charge >= 0.3 is 0 Å². The fraction of sp³-hybridized carbons (Fsp3) is 0.375. The van der Waals surface area contributed by atoms with Crippen LogP contribution >= 0.6 is 15.9 Å². The average molecular weight is 333 g/mol. The van der Waals surface area contributed by atoms with E-state index >= 15 is 0 Å². The Morgan fingerprint density at radius 2 is 2.05 bits per heavy atom. The molecule has 0 amide bonds. The van der Waals surface area contributed by atoms with Crippen LogP contribution in [0.4, 0.5) is 0 Å². The van der Waals surface area contributed by atoms with E-state index < -0.39 is 0 Å². The minimum atomic E-state index is 0.0573. The highest BCUT2D eigenvalue weighted by Crippen LogP contribution is 2.17. The zero-order valence-electron chi connectivity index (χ0n) is 11.3. The molecule has 0 saturated heterocycles. The van der Waals surface area contributed by atoms with E-state index in [1.54, 1.807) is 0 Å². The van der Waals surface area contributed by atoms with Gasteiger partial charge in [-0.2, -0.15) is 0 Å². The van der Waals surface area contributed by atoms with Gasteiger partial charge in [0.25, 0.3) is 5.56 Å². The highest BCUT2D eigenvalue weighted by Gasteiger charge is 2.14. The number of nitrogens with one attached hydrogen (secondary N) is 1. The lowest BCUT2D eigenvalue weighted by molar-refractivity contribution is 0.708. The zero-order valence-corrected chi connectivity index (χ0v) is 12.9. The molecule has 1 N–H and O–H groups in total. The topological polar surface area (TPSA) is 45.8 Å². The number of hydrogen-bond acceptors (Lipinski definition) is 2. The summed E-state index contributed by atoms with van der Waals surface area (Å²) in [6.07, 6.45) is 5.90. The number of fused-ring (bicyclic) bond motifs is 1. The number of aromatic amines is 1. The van der Waals surface area contributed by atoms with Crippen molar-refractivity contribution < 1.29 is 0 Å². The molecule has 0 fully saturated rings. The van der Waals surface area contributed by atoms with Crippen LogP contribution in [0.5, 0.6) is 0 Å². The molecule has 1 heterocycles. The number of aryl methyl sites for hydroxylation is 1. The first-order chi connectivity index (χ1) is 9.72. The molecule has 0 unspecified atom stereocenters. The molecule has 20 heavy (non-hydrogen) atoms. The zero-order chi connectivity index (χ0) is 13.9. The number of benzene rings is 1. The van der Waals surface area contributed by atoms with Gasteiger partial charge in [0.2, 0.25) is 0 Å². The van der Waals surface area contributed by atoms with Gasteiger partial charge in [0.15, 0.2) is 0 Å². The van der Waals surface area contributed by atoms with Crippen LogP contribution in [0.1, 0.15) is 41.9 Å². The molecule has 1 aliphatic carbocycles. The molecule has 0 aliphatic heterocycles. The number of rotatable bonds is 2. The van der Waals surface area contributed by atoms with E-state index in [0.717, 1.165) is 52.8 Å². The van der Waals surface area contributed by atoms with Crippen LogP contribution in [0.2, 0.25) is 0 Å². The lowest BCUT2D eigenvalue weighted by Crippen LogP contribution is -2.19. The Morgan fingerprint density at radius 3 is 2.90 bits per heavy atom. The predicted molar refractivity (Wildman–Crippen MR) is 83.1 cm³/mol. The molecule has 3 nitrogen and oxygen atoms in total. The molecule has 0 bridgehead atoms. The summed E-state index contributed by atoms with van der Waals surface area (Å²) in [7, 11) is 0. The van der Waals surface area contributed by atoms with Gasteiger partial charge in [-0.3, -0.25) is 4.79 Å². The van der Waals surface area contributed by atoms with E-state index in [1.165, 1.54) is 6.42 Å². The molecule has 0 spiro atoms. The molecule has 1 aliphatic rings. The van der Waals surface area contributed by atoms with Crippen molar-refractivity contribution in [2.24, 2.45) is 0 Å². The Kier molecular flexibility index (Phi) is 4.01. The first-order valence-electron chi connectivity index (χ1n) is 7.08. The number of hydrogen-bond donors (Lipinski definition) is 1. The Hall–Kier alpha value is -1.42. The van der Waals surface area contributed by atoms with Gasteiger partial charge in [0, 0.05) is 16.5 Å². The minimum absolute atomic E-state index is 0.0573. The third kappa shape index (κ3) is 3.01. The van der Waals surface area contributed by atoms with Gasteiger partial charge in [-0.1, -0.05) is 34.5 Å². The quantitative estimate of drug-likeness (QED) is 0.857. The van der Waals surface area contributed by atoms with Crippen molar-refractivity contribution >= 4 is 15.9 Å². The van der Waals surface area contributed by atoms with Crippen molar-refractivity contribution in [3.05, 3.63) is 61.7 Å². The SMILES string of the molecule is O=c1[nH]c(Cc2cccc(Br)c2)nc2c1CCCCC2. The normalized spacial score (nSPS) is 14.7. The summed E-state index contributed by atoms with van der Waals surface area (Å²) >= 11 is 3.47. The second-order valence-corrected chi connectivity index (χ2v) is 6.22. The fourth-order valence-corrected chi connectivity index (χ4v) is 3.20. The third-order valence-electron chi connectivity index (χ3n) is 3.75. The number of aromatic nitrogens is 2. The van der Waals surface area contributed by atoms with Crippen LogP contribution < -0.4 is 5.56 Å². The highest BCUT2D eigenvalue weighted by atomic mass is 79.9. The van der Waals surface area contributed by atoms with Crippen LogP contribution in [0.15, 0.2) is 33.5 Å². The maximum absolute atomic E-state index is 12.2. The molecule has 2 aromatic rings. The molecular weight excluding hydrogens is 316 g/mol. The van der Waals surface area contributed by atoms with E-state index in [1.807, 2.05) is 12.1 Å². The van der Waals surface area contributed by atoms with Crippen molar-refractivity contribution in [3.63, 3.8) is 0 Å². The van der Waals surface area contributed by atoms with Crippen LogP contribution in [0.3, 0.4) is 0 Å². The molecular formula is C16H17BrN2O. The predicted octanol–water partition coefficient (Wildman–Crippen LogP) is 3.39. The summed E-state index contributed by atoms with van der Waals surface area (Å²) in [5.74, 6) is 0.772. The first kappa shape index (κ1) is 13.6. The summed E-state index contributed by atoms with van der Waals surface area (Å²) < 4.78 is 1.05. The van der Waals surface area contributed by atoms with Gasteiger partial charge in [0.1, 0.15) is 5.82 Å². The monoisotopic (exact) mass is 332 g/mol. The maximum Gasteiger partial charge on any atom is 0.254 e. The number of nitrogens with zero attached hydrogens (tertiary/aromatic N) is 1. The summed E-state index contributed by atoms with van der Waals surface area (Å²) in [5.41, 5.74) is 3.12. The average Bonchev–Trinajstić information content (AvgIpc) is 2.64. The van der Waals surface area contributed by atoms with Crippen LogP contribution in [0, 0.1) is 0 Å². The van der Waals surface area contributed by atoms with Crippen LogP contribution in [-0.2, 0) is 19.3 Å². The Labute approximate surface area is 126 Å². The summed E-state index contributed by atoms with van der Waals surface area (Å²) in [6.45, 7) is 0. The third-order valence-corrected chi connectivity index (χ3v) is 4.24. The van der Waals surface area contributed by atoms with Crippen molar-refractivity contribution in [2.45, 2.75) is 38.5 Å². The Balaban J connectivity index is 1.93. The second-order valence-electron chi connectivity index (χ2n) is 5.31. The lowest BCUT2D eigenvalue weighted by atomic mass is 10.1. The smallest absolute Gasteiger partial charge is 0.254 e. The van der Waals surface area contributed by atoms with Gasteiger partial charge in [0.05, 0.1) is 5.69 Å². The minimum Gasteiger partial charge on any atom is -0.310 e. The molecule has 3 rings (SSSR count). The lowest BCUT2D eigenvalue weighted by Gasteiger charge is -2.07. The molecule has 4 heteroatoms. The van der Waals surface area contributed by atoms with E-state index in [-0.39, 0.29) is 5.56 Å². The van der Waals surface area contributed by atoms with Crippen molar-refractivity contribution in [1.82, 2.24) is 9.97 Å². The summed E-state index contributed by atoms with van der Waals surface area (Å²) in [6, 6.07) is 8.11. The second kappa shape index (κ2) is 5.92. The van der Waals surface area contributed by atoms with E-state index in [9.17, 15) is 4.79 Å². The van der Waals surface area contributed by atoms with Crippen LogP contribution in [0.25, 0.3) is 0 Å². The van der Waals surface area contributed by atoms with E-state index in [0.29, 0.717) is 6.42 Å².